The van der Waals surface area contributed by atoms with E-state index in [2.05, 4.69) is 114 Å². The molecule has 8 aromatic carbocycles. The van der Waals surface area contributed by atoms with E-state index in [0.29, 0.717) is 17.5 Å². The fourth-order valence-corrected chi connectivity index (χ4v) is 7.95. The van der Waals surface area contributed by atoms with Crippen LogP contribution < -0.4 is 0 Å². The van der Waals surface area contributed by atoms with Gasteiger partial charge in [-0.25, -0.2) is 15.0 Å². The Balaban J connectivity index is 1.11. The predicted octanol–water partition coefficient (Wildman–Crippen LogP) is 12.7. The highest BCUT2D eigenvalue weighted by Crippen LogP contribution is 2.42. The van der Waals surface area contributed by atoms with E-state index >= 15 is 0 Å². The van der Waals surface area contributed by atoms with Gasteiger partial charge < -0.3 is 8.98 Å². The maximum atomic E-state index is 6.61. The molecule has 0 saturated carbocycles. The molecular formula is C49H30N4O. The lowest BCUT2D eigenvalue weighted by Crippen LogP contribution is -2.00. The summed E-state index contributed by atoms with van der Waals surface area (Å²) in [5.74, 6) is 1.91. The maximum Gasteiger partial charge on any atom is 0.164 e. The Morgan fingerprint density at radius 1 is 0.370 bits per heavy atom. The Kier molecular flexibility index (Phi) is 6.79. The second-order valence-electron chi connectivity index (χ2n) is 13.6. The van der Waals surface area contributed by atoms with Crippen molar-refractivity contribution in [2.75, 3.05) is 0 Å². The van der Waals surface area contributed by atoms with Gasteiger partial charge in [-0.2, -0.15) is 0 Å². The Hall–Kier alpha value is -7.37. The first kappa shape index (κ1) is 30.3. The predicted molar refractivity (Wildman–Crippen MR) is 221 cm³/mol. The van der Waals surface area contributed by atoms with Crippen molar-refractivity contribution in [3.05, 3.63) is 182 Å². The van der Waals surface area contributed by atoms with E-state index in [9.17, 15) is 0 Å². The van der Waals surface area contributed by atoms with Crippen LogP contribution in [0.2, 0.25) is 0 Å². The lowest BCUT2D eigenvalue weighted by molar-refractivity contribution is 0.668. The van der Waals surface area contributed by atoms with Gasteiger partial charge in [-0.1, -0.05) is 152 Å². The standard InChI is InChI=1S/C49H30N4O/c1-3-14-33(15-4-1)47-50-48(34-16-5-2-6-17-34)52-49(51-47)35-25-23-32(24-26-35)40-29-36(30-44-46(40)39-20-10-12-22-43(39)54-44)53-41-21-11-9-19-38(41)45-37-18-8-7-13-31(37)27-28-42(45)53/h1-30H. The number of hydrogen-bond donors (Lipinski definition) is 0. The molecule has 0 amide bonds. The van der Waals surface area contributed by atoms with Gasteiger partial charge in [0.1, 0.15) is 11.2 Å². The van der Waals surface area contributed by atoms with Crippen LogP contribution in [0.25, 0.3) is 105 Å². The Labute approximate surface area is 310 Å². The van der Waals surface area contributed by atoms with Gasteiger partial charge in [-0.15, -0.1) is 0 Å². The first-order valence-electron chi connectivity index (χ1n) is 18.1. The van der Waals surface area contributed by atoms with Crippen LogP contribution in [0, 0.1) is 0 Å². The van der Waals surface area contributed by atoms with Crippen LogP contribution in [0.3, 0.4) is 0 Å². The third-order valence-corrected chi connectivity index (χ3v) is 10.4. The molecule has 0 atom stereocenters. The Morgan fingerprint density at radius 2 is 0.926 bits per heavy atom. The number of aromatic nitrogens is 4. The van der Waals surface area contributed by atoms with Crippen LogP contribution in [-0.4, -0.2) is 19.5 Å². The van der Waals surface area contributed by atoms with Crippen molar-refractivity contribution in [2.24, 2.45) is 0 Å². The molecule has 0 N–H and O–H groups in total. The molecule has 5 heteroatoms. The third-order valence-electron chi connectivity index (χ3n) is 10.4. The lowest BCUT2D eigenvalue weighted by atomic mass is 9.97. The second-order valence-corrected chi connectivity index (χ2v) is 13.6. The maximum absolute atomic E-state index is 6.61. The molecule has 54 heavy (non-hydrogen) atoms. The van der Waals surface area contributed by atoms with E-state index in [1.54, 1.807) is 0 Å². The van der Waals surface area contributed by atoms with Crippen molar-refractivity contribution in [3.63, 3.8) is 0 Å². The zero-order valence-electron chi connectivity index (χ0n) is 29.0. The fourth-order valence-electron chi connectivity index (χ4n) is 7.95. The average Bonchev–Trinajstić information content (AvgIpc) is 3.80. The van der Waals surface area contributed by atoms with E-state index in [1.807, 2.05) is 72.8 Å². The highest BCUT2D eigenvalue weighted by Gasteiger charge is 2.20. The van der Waals surface area contributed by atoms with Gasteiger partial charge >= 0.3 is 0 Å². The first-order valence-corrected chi connectivity index (χ1v) is 18.1. The number of nitrogens with zero attached hydrogens (tertiary/aromatic N) is 4. The molecule has 252 valence electrons. The summed E-state index contributed by atoms with van der Waals surface area (Å²) >= 11 is 0. The summed E-state index contributed by atoms with van der Waals surface area (Å²) < 4.78 is 8.99. The van der Waals surface area contributed by atoms with Crippen LogP contribution in [0.4, 0.5) is 0 Å². The largest absolute Gasteiger partial charge is 0.456 e. The summed E-state index contributed by atoms with van der Waals surface area (Å²) in [5.41, 5.74) is 10.0. The summed E-state index contributed by atoms with van der Waals surface area (Å²) in [6, 6.07) is 63.3. The van der Waals surface area contributed by atoms with Gasteiger partial charge in [0, 0.05) is 44.3 Å². The fraction of sp³-hybridized carbons (Fsp3) is 0. The number of rotatable bonds is 5. The van der Waals surface area contributed by atoms with E-state index in [-0.39, 0.29) is 0 Å². The van der Waals surface area contributed by atoms with Gasteiger partial charge in [0.15, 0.2) is 17.5 Å². The minimum absolute atomic E-state index is 0.624. The molecule has 11 aromatic rings. The molecular weight excluding hydrogens is 661 g/mol. The zero-order valence-corrected chi connectivity index (χ0v) is 29.0. The molecule has 0 unspecified atom stereocenters. The molecule has 0 fully saturated rings. The van der Waals surface area contributed by atoms with Crippen LogP contribution >= 0.6 is 0 Å². The second kappa shape index (κ2) is 12.1. The number of para-hydroxylation sites is 2. The van der Waals surface area contributed by atoms with Crippen LogP contribution in [0.5, 0.6) is 0 Å². The van der Waals surface area contributed by atoms with Gasteiger partial charge in [0.2, 0.25) is 0 Å². The van der Waals surface area contributed by atoms with Gasteiger partial charge in [0.25, 0.3) is 0 Å². The smallest absolute Gasteiger partial charge is 0.164 e. The zero-order chi connectivity index (χ0) is 35.6. The van der Waals surface area contributed by atoms with E-state index in [4.69, 9.17) is 19.4 Å². The van der Waals surface area contributed by atoms with Gasteiger partial charge in [0.05, 0.1) is 16.7 Å². The number of hydrogen-bond acceptors (Lipinski definition) is 4. The van der Waals surface area contributed by atoms with Crippen molar-refractivity contribution >= 4 is 54.5 Å². The number of furan rings is 1. The van der Waals surface area contributed by atoms with Crippen molar-refractivity contribution in [1.29, 1.82) is 0 Å². The molecule has 0 saturated heterocycles. The van der Waals surface area contributed by atoms with E-state index in [1.165, 1.54) is 21.5 Å². The molecule has 0 aliphatic carbocycles. The number of benzene rings is 8. The Bertz CT molecular complexity index is 3140. The highest BCUT2D eigenvalue weighted by molar-refractivity contribution is 6.21. The molecule has 3 heterocycles. The average molecular weight is 691 g/mol. The molecule has 3 aromatic heterocycles. The normalized spacial score (nSPS) is 11.7. The van der Waals surface area contributed by atoms with Crippen molar-refractivity contribution in [3.8, 4) is 51.0 Å². The molecule has 0 aliphatic heterocycles. The number of fused-ring (bicyclic) bond motifs is 8. The quantitative estimate of drug-likeness (QED) is 0.180. The molecule has 0 aliphatic rings. The molecule has 0 radical (unpaired) electrons. The molecule has 5 nitrogen and oxygen atoms in total. The summed E-state index contributed by atoms with van der Waals surface area (Å²) in [4.78, 5) is 14.8. The van der Waals surface area contributed by atoms with Crippen LogP contribution in [0.15, 0.2) is 186 Å². The summed E-state index contributed by atoms with van der Waals surface area (Å²) in [5, 5.41) is 7.12. The van der Waals surface area contributed by atoms with E-state index in [0.717, 1.165) is 66.5 Å². The van der Waals surface area contributed by atoms with Crippen LogP contribution in [-0.2, 0) is 0 Å². The van der Waals surface area contributed by atoms with Gasteiger partial charge in [-0.3, -0.25) is 0 Å². The van der Waals surface area contributed by atoms with Gasteiger partial charge in [-0.05, 0) is 46.2 Å². The van der Waals surface area contributed by atoms with Crippen molar-refractivity contribution < 1.29 is 4.42 Å². The minimum atomic E-state index is 0.624. The first-order chi connectivity index (χ1) is 26.8. The summed E-state index contributed by atoms with van der Waals surface area (Å²) in [7, 11) is 0. The monoisotopic (exact) mass is 690 g/mol. The van der Waals surface area contributed by atoms with E-state index < -0.39 is 0 Å². The SMILES string of the molecule is c1ccc(-c2nc(-c3ccccc3)nc(-c3ccc(-c4cc(-n5c6ccccc6c6c7ccccc7ccc65)cc5oc6ccccc6c45)cc3)n2)cc1. The van der Waals surface area contributed by atoms with Crippen LogP contribution in [0.1, 0.15) is 0 Å². The molecule has 0 spiro atoms. The summed E-state index contributed by atoms with van der Waals surface area (Å²) in [6.45, 7) is 0. The minimum Gasteiger partial charge on any atom is -0.456 e. The van der Waals surface area contributed by atoms with Crippen molar-refractivity contribution in [2.45, 2.75) is 0 Å². The molecule has 11 rings (SSSR count). The highest BCUT2D eigenvalue weighted by atomic mass is 16.3. The summed E-state index contributed by atoms with van der Waals surface area (Å²) in [6.07, 6.45) is 0. The third kappa shape index (κ3) is 4.83. The van der Waals surface area contributed by atoms with Crippen molar-refractivity contribution in [1.82, 2.24) is 19.5 Å². The lowest BCUT2D eigenvalue weighted by Gasteiger charge is -2.13. The molecule has 0 bridgehead atoms. The Morgan fingerprint density at radius 3 is 1.63 bits per heavy atom. The topological polar surface area (TPSA) is 56.7 Å².